The Morgan fingerprint density at radius 1 is 1.14 bits per heavy atom. The molecule has 122 valence electrons. The minimum Gasteiger partial charge on any atom is -0.532 e. The van der Waals surface area contributed by atoms with Gasteiger partial charge in [-0.3, -0.25) is 0 Å². The van der Waals surface area contributed by atoms with Crippen molar-refractivity contribution >= 4 is 8.32 Å². The van der Waals surface area contributed by atoms with Crippen molar-refractivity contribution in [2.24, 2.45) is 0 Å². The molecule has 0 bridgehead atoms. The van der Waals surface area contributed by atoms with E-state index in [0.717, 1.165) is 32.2 Å². The highest BCUT2D eigenvalue weighted by Gasteiger charge is 2.40. The highest BCUT2D eigenvalue weighted by Crippen LogP contribution is 2.39. The van der Waals surface area contributed by atoms with Gasteiger partial charge in [0.05, 0.1) is 13.2 Å². The summed E-state index contributed by atoms with van der Waals surface area (Å²) in [6, 6.07) is 0. The van der Waals surface area contributed by atoms with E-state index >= 15 is 0 Å². The normalized spacial score (nSPS) is 19.4. The van der Waals surface area contributed by atoms with Gasteiger partial charge in [-0.1, -0.05) is 26.8 Å². The van der Waals surface area contributed by atoms with Crippen LogP contribution in [0.5, 0.6) is 0 Å². The molecule has 0 unspecified atom stereocenters. The van der Waals surface area contributed by atoms with Crippen molar-refractivity contribution in [2.75, 3.05) is 26.3 Å². The van der Waals surface area contributed by atoms with Gasteiger partial charge in [0.15, 0.2) is 5.88 Å². The summed E-state index contributed by atoms with van der Waals surface area (Å²) in [7, 11) is -1.84. The van der Waals surface area contributed by atoms with E-state index in [1.54, 1.807) is 0 Å². The third kappa shape index (κ3) is 4.61. The summed E-state index contributed by atoms with van der Waals surface area (Å²) in [4.78, 5) is 2.35. The Morgan fingerprint density at radius 2 is 1.67 bits per heavy atom. The largest absolute Gasteiger partial charge is 0.532 e. The van der Waals surface area contributed by atoms with E-state index in [2.05, 4.69) is 65.6 Å². The van der Waals surface area contributed by atoms with E-state index in [1.807, 2.05) is 0 Å². The highest BCUT2D eigenvalue weighted by molar-refractivity contribution is 6.74. The van der Waals surface area contributed by atoms with Crippen LogP contribution in [0.25, 0.3) is 0 Å². The molecule has 1 aliphatic rings. The van der Waals surface area contributed by atoms with Crippen molar-refractivity contribution in [3.8, 4) is 0 Å². The van der Waals surface area contributed by atoms with Crippen LogP contribution in [-0.2, 0) is 9.16 Å². The Labute approximate surface area is 132 Å². The molecule has 1 rings (SSSR count). The molecule has 1 saturated heterocycles. The van der Waals surface area contributed by atoms with Crippen LogP contribution < -0.4 is 0 Å². The molecule has 0 saturated carbocycles. The Kier molecular flexibility index (Phi) is 6.11. The maximum absolute atomic E-state index is 6.67. The Bertz CT molecular complexity index is 413. The van der Waals surface area contributed by atoms with Crippen LogP contribution in [0.2, 0.25) is 18.1 Å². The lowest BCUT2D eigenvalue weighted by Crippen LogP contribution is -2.45. The van der Waals surface area contributed by atoms with Gasteiger partial charge in [-0.05, 0) is 44.5 Å². The molecule has 0 amide bonds. The van der Waals surface area contributed by atoms with Gasteiger partial charge in [-0.2, -0.15) is 0 Å². The molecule has 3 nitrogen and oxygen atoms in total. The number of allylic oxidation sites excluding steroid dienone is 3. The summed E-state index contributed by atoms with van der Waals surface area (Å²) in [5.74, 6) is 1.07. The molecule has 0 aliphatic carbocycles. The summed E-state index contributed by atoms with van der Waals surface area (Å²) < 4.78 is 12.2. The smallest absolute Gasteiger partial charge is 0.252 e. The molecular weight excluding hydrogens is 278 g/mol. The molecule has 0 atom stereocenters. The van der Waals surface area contributed by atoms with Gasteiger partial charge < -0.3 is 14.1 Å². The first-order valence-electron chi connectivity index (χ1n) is 7.96. The second-order valence-electron chi connectivity index (χ2n) is 7.36. The topological polar surface area (TPSA) is 21.7 Å². The van der Waals surface area contributed by atoms with Crippen LogP contribution in [0.3, 0.4) is 0 Å². The van der Waals surface area contributed by atoms with Gasteiger partial charge in [-0.25, -0.2) is 0 Å². The minimum absolute atomic E-state index is 0.203. The first kappa shape index (κ1) is 18.3. The maximum atomic E-state index is 6.67. The number of morpholine rings is 1. The monoisotopic (exact) mass is 311 g/mol. The molecule has 0 aromatic rings. The van der Waals surface area contributed by atoms with Gasteiger partial charge in [0.2, 0.25) is 0 Å². The second kappa shape index (κ2) is 7.01. The first-order valence-corrected chi connectivity index (χ1v) is 10.9. The van der Waals surface area contributed by atoms with Crippen molar-refractivity contribution in [3.05, 3.63) is 23.1 Å². The van der Waals surface area contributed by atoms with Crippen molar-refractivity contribution in [2.45, 2.75) is 59.7 Å². The molecule has 0 spiro atoms. The number of nitrogens with zero attached hydrogens (tertiary/aromatic N) is 1. The minimum atomic E-state index is -1.84. The fourth-order valence-corrected chi connectivity index (χ4v) is 3.00. The predicted molar refractivity (Wildman–Crippen MR) is 92.8 cm³/mol. The molecule has 1 heterocycles. The number of hydrogen-bond acceptors (Lipinski definition) is 3. The molecule has 0 N–H and O–H groups in total. The van der Waals surface area contributed by atoms with Crippen molar-refractivity contribution < 1.29 is 9.16 Å². The summed E-state index contributed by atoms with van der Waals surface area (Å²) in [6.45, 7) is 21.3. The SMILES string of the molecule is C/C=C(C)/C(C)=C(/O[Si](C)(C)C(C)(C)C)N1CCOCC1. The zero-order valence-electron chi connectivity index (χ0n) is 15.2. The fourth-order valence-electron chi connectivity index (χ4n) is 1.92. The number of ether oxygens (including phenoxy) is 1. The molecule has 21 heavy (non-hydrogen) atoms. The highest BCUT2D eigenvalue weighted by atomic mass is 28.4. The van der Waals surface area contributed by atoms with E-state index in [4.69, 9.17) is 9.16 Å². The predicted octanol–water partition coefficient (Wildman–Crippen LogP) is 4.54. The third-order valence-corrected chi connectivity index (χ3v) is 9.12. The van der Waals surface area contributed by atoms with E-state index in [9.17, 15) is 0 Å². The molecule has 0 aromatic carbocycles. The van der Waals surface area contributed by atoms with Gasteiger partial charge in [-0.15, -0.1) is 0 Å². The van der Waals surface area contributed by atoms with Crippen molar-refractivity contribution in [1.29, 1.82) is 0 Å². The summed E-state index contributed by atoms with van der Waals surface area (Å²) in [6.07, 6.45) is 2.16. The lowest BCUT2D eigenvalue weighted by molar-refractivity contribution is 0.0322. The fraction of sp³-hybridized carbons (Fsp3) is 0.765. The van der Waals surface area contributed by atoms with Gasteiger partial charge in [0.25, 0.3) is 8.32 Å². The average molecular weight is 312 g/mol. The van der Waals surface area contributed by atoms with Crippen LogP contribution in [-0.4, -0.2) is 39.5 Å². The standard InChI is InChI=1S/C17H33NO2Si/c1-9-14(2)15(3)16(18-10-12-19-13-11-18)20-21(7,8)17(4,5)6/h9H,10-13H2,1-8H3/b14-9+,16-15+. The van der Waals surface area contributed by atoms with Gasteiger partial charge >= 0.3 is 0 Å². The third-order valence-electron chi connectivity index (χ3n) is 4.80. The first-order chi connectivity index (χ1) is 9.60. The van der Waals surface area contributed by atoms with Gasteiger partial charge in [0, 0.05) is 18.7 Å². The summed E-state index contributed by atoms with van der Waals surface area (Å²) in [5.41, 5.74) is 2.54. The molecule has 1 aliphatic heterocycles. The van der Waals surface area contributed by atoms with E-state index in [0.29, 0.717) is 0 Å². The van der Waals surface area contributed by atoms with E-state index in [-0.39, 0.29) is 5.04 Å². The quantitative estimate of drug-likeness (QED) is 0.432. The summed E-state index contributed by atoms with van der Waals surface area (Å²) >= 11 is 0. The molecular formula is C17H33NO2Si. The molecule has 0 aromatic heterocycles. The van der Waals surface area contributed by atoms with Crippen molar-refractivity contribution in [1.82, 2.24) is 4.90 Å². The van der Waals surface area contributed by atoms with Crippen LogP contribution in [0.15, 0.2) is 23.1 Å². The molecule has 1 fully saturated rings. The van der Waals surface area contributed by atoms with E-state index < -0.39 is 8.32 Å². The molecule has 4 heteroatoms. The summed E-state index contributed by atoms with van der Waals surface area (Å²) in [5, 5.41) is 0.203. The second-order valence-corrected chi connectivity index (χ2v) is 12.1. The van der Waals surface area contributed by atoms with Crippen LogP contribution in [0, 0.1) is 0 Å². The zero-order chi connectivity index (χ0) is 16.3. The lowest BCUT2D eigenvalue weighted by atomic mass is 10.1. The van der Waals surface area contributed by atoms with Crippen LogP contribution in [0.1, 0.15) is 41.5 Å². The Morgan fingerprint density at radius 3 is 2.10 bits per heavy atom. The van der Waals surface area contributed by atoms with Crippen LogP contribution in [0.4, 0.5) is 0 Å². The van der Waals surface area contributed by atoms with Crippen molar-refractivity contribution in [3.63, 3.8) is 0 Å². The van der Waals surface area contributed by atoms with E-state index in [1.165, 1.54) is 11.1 Å². The average Bonchev–Trinajstić information content (AvgIpc) is 2.43. The van der Waals surface area contributed by atoms with Crippen LogP contribution >= 0.6 is 0 Å². The maximum Gasteiger partial charge on any atom is 0.252 e. The lowest BCUT2D eigenvalue weighted by Gasteiger charge is -2.42. The number of hydrogen-bond donors (Lipinski definition) is 0. The zero-order valence-corrected chi connectivity index (χ0v) is 16.2. The Hall–Kier alpha value is -0.743. The number of rotatable bonds is 4. The Balaban J connectivity index is 3.14. The molecule has 0 radical (unpaired) electrons. The van der Waals surface area contributed by atoms with Gasteiger partial charge in [0.1, 0.15) is 0 Å².